The molecule has 2 saturated heterocycles. The van der Waals surface area contributed by atoms with Crippen LogP contribution in [0.5, 0.6) is 0 Å². The topological polar surface area (TPSA) is 95.7 Å². The highest BCUT2D eigenvalue weighted by atomic mass is 16.2. The van der Waals surface area contributed by atoms with Crippen LogP contribution in [-0.2, 0) is 22.7 Å². The van der Waals surface area contributed by atoms with Crippen molar-refractivity contribution < 1.29 is 14.4 Å². The van der Waals surface area contributed by atoms with Crippen LogP contribution in [0, 0.1) is 5.41 Å². The van der Waals surface area contributed by atoms with E-state index in [4.69, 9.17) is 5.73 Å². The Morgan fingerprint density at radius 3 is 2.82 bits per heavy atom. The van der Waals surface area contributed by atoms with E-state index < -0.39 is 6.04 Å². The van der Waals surface area contributed by atoms with Gasteiger partial charge in [0.05, 0.1) is 0 Å². The molecule has 2 bridgehead atoms. The molecule has 0 spiro atoms. The van der Waals surface area contributed by atoms with Gasteiger partial charge >= 0.3 is 0 Å². The molecular formula is C21H26N4O3. The van der Waals surface area contributed by atoms with Crippen LogP contribution >= 0.6 is 0 Å². The Hall–Kier alpha value is -2.25. The van der Waals surface area contributed by atoms with Crippen LogP contribution in [0.3, 0.4) is 0 Å². The molecule has 4 aliphatic rings. The molecule has 148 valence electrons. The number of imide groups is 1. The van der Waals surface area contributed by atoms with Gasteiger partial charge in [0, 0.05) is 37.7 Å². The van der Waals surface area contributed by atoms with Crippen molar-refractivity contribution in [1.29, 1.82) is 0 Å². The lowest BCUT2D eigenvalue weighted by molar-refractivity contribution is -0.136. The van der Waals surface area contributed by atoms with Gasteiger partial charge in [0.25, 0.3) is 5.91 Å². The summed E-state index contributed by atoms with van der Waals surface area (Å²) < 4.78 is 0. The summed E-state index contributed by atoms with van der Waals surface area (Å²) in [5.41, 5.74) is 9.11. The molecule has 3 amide bonds. The van der Waals surface area contributed by atoms with E-state index in [-0.39, 0.29) is 24.1 Å². The monoisotopic (exact) mass is 382 g/mol. The van der Waals surface area contributed by atoms with Gasteiger partial charge in [-0.05, 0) is 54.8 Å². The molecule has 5 rings (SSSR count). The number of carbonyl (C=O) groups excluding carboxylic acids is 3. The summed E-state index contributed by atoms with van der Waals surface area (Å²) in [6.45, 7) is 3.07. The minimum absolute atomic E-state index is 0.104. The van der Waals surface area contributed by atoms with Crippen molar-refractivity contribution >= 4 is 17.7 Å². The number of nitrogens with two attached hydrogens (primary N) is 1. The molecule has 3 unspecified atom stereocenters. The van der Waals surface area contributed by atoms with Gasteiger partial charge in [-0.1, -0.05) is 12.1 Å². The van der Waals surface area contributed by atoms with Crippen LogP contribution in [0.1, 0.15) is 53.6 Å². The highest BCUT2D eigenvalue weighted by Gasteiger charge is 2.48. The van der Waals surface area contributed by atoms with Crippen molar-refractivity contribution in [1.82, 2.24) is 15.1 Å². The molecule has 1 saturated carbocycles. The summed E-state index contributed by atoms with van der Waals surface area (Å²) in [4.78, 5) is 40.7. The first-order valence-corrected chi connectivity index (χ1v) is 10.2. The molecule has 3 atom stereocenters. The second-order valence-electron chi connectivity index (χ2n) is 8.90. The largest absolute Gasteiger partial charge is 0.330 e. The number of rotatable bonds is 4. The lowest BCUT2D eigenvalue weighted by Gasteiger charge is -2.31. The second-order valence-corrected chi connectivity index (χ2v) is 8.90. The zero-order valence-electron chi connectivity index (χ0n) is 15.9. The minimum atomic E-state index is -0.556. The van der Waals surface area contributed by atoms with Crippen molar-refractivity contribution in [2.24, 2.45) is 11.1 Å². The number of hydrogen-bond acceptors (Lipinski definition) is 5. The van der Waals surface area contributed by atoms with Gasteiger partial charge in [-0.25, -0.2) is 0 Å². The summed E-state index contributed by atoms with van der Waals surface area (Å²) in [5, 5.41) is 2.35. The lowest BCUT2D eigenvalue weighted by atomic mass is 9.87. The van der Waals surface area contributed by atoms with Crippen molar-refractivity contribution in [3.05, 3.63) is 34.9 Å². The molecule has 3 fully saturated rings. The maximum atomic E-state index is 13.0. The van der Waals surface area contributed by atoms with Gasteiger partial charge in [0.1, 0.15) is 6.04 Å². The van der Waals surface area contributed by atoms with Crippen molar-refractivity contribution in [2.75, 3.05) is 13.1 Å². The SMILES string of the molecule is NCC12CCC(C1)N(Cc1ccc3c(c1)C(=O)N(C1CCC(=O)NC1=O)C3)C2. The third-order valence-electron chi connectivity index (χ3n) is 7.14. The average molecular weight is 382 g/mol. The summed E-state index contributed by atoms with van der Waals surface area (Å²) in [6.07, 6.45) is 4.31. The molecule has 3 aliphatic heterocycles. The fourth-order valence-electron chi connectivity index (χ4n) is 5.56. The van der Waals surface area contributed by atoms with E-state index in [2.05, 4.69) is 16.3 Å². The summed E-state index contributed by atoms with van der Waals surface area (Å²) in [5.74, 6) is -0.728. The summed E-state index contributed by atoms with van der Waals surface area (Å²) in [7, 11) is 0. The highest BCUT2D eigenvalue weighted by molar-refractivity contribution is 6.05. The summed E-state index contributed by atoms with van der Waals surface area (Å²) >= 11 is 0. The normalized spacial score (nSPS) is 32.2. The Bertz CT molecular complexity index is 869. The first-order valence-electron chi connectivity index (χ1n) is 10.2. The Morgan fingerprint density at radius 1 is 1.21 bits per heavy atom. The maximum absolute atomic E-state index is 13.0. The Kier molecular flexibility index (Phi) is 4.07. The smallest absolute Gasteiger partial charge is 0.255 e. The number of hydrogen-bond donors (Lipinski definition) is 2. The van der Waals surface area contributed by atoms with Crippen LogP contribution in [0.25, 0.3) is 0 Å². The Morgan fingerprint density at radius 2 is 2.07 bits per heavy atom. The van der Waals surface area contributed by atoms with Crippen LogP contribution in [0.4, 0.5) is 0 Å². The van der Waals surface area contributed by atoms with E-state index in [1.165, 1.54) is 19.3 Å². The van der Waals surface area contributed by atoms with E-state index in [0.29, 0.717) is 30.0 Å². The lowest BCUT2D eigenvalue weighted by Crippen LogP contribution is -2.52. The van der Waals surface area contributed by atoms with E-state index in [0.717, 1.165) is 30.8 Å². The molecule has 0 aromatic heterocycles. The molecular weight excluding hydrogens is 356 g/mol. The molecule has 3 N–H and O–H groups in total. The fourth-order valence-corrected chi connectivity index (χ4v) is 5.56. The van der Waals surface area contributed by atoms with Crippen LogP contribution < -0.4 is 11.1 Å². The van der Waals surface area contributed by atoms with Gasteiger partial charge in [-0.2, -0.15) is 0 Å². The van der Waals surface area contributed by atoms with Gasteiger partial charge < -0.3 is 10.6 Å². The third kappa shape index (κ3) is 2.76. The number of nitrogens with one attached hydrogen (secondary N) is 1. The van der Waals surface area contributed by atoms with E-state index in [1.807, 2.05) is 12.1 Å². The number of fused-ring (bicyclic) bond motifs is 3. The predicted octanol–water partition coefficient (Wildman–Crippen LogP) is 0.761. The molecule has 7 heteroatoms. The average Bonchev–Trinajstić information content (AvgIpc) is 3.35. The van der Waals surface area contributed by atoms with E-state index in [1.54, 1.807) is 4.90 Å². The maximum Gasteiger partial charge on any atom is 0.255 e. The third-order valence-corrected chi connectivity index (χ3v) is 7.14. The molecule has 3 heterocycles. The standard InChI is InChI=1S/C21H26N4O3/c22-11-21-6-5-15(8-21)24(12-21)9-13-1-2-14-10-25(20(28)16(14)7-13)17-3-4-18(26)23-19(17)27/h1-2,7,15,17H,3-6,8-12,22H2,(H,23,26,27). The zero-order chi connectivity index (χ0) is 19.5. The van der Waals surface area contributed by atoms with Gasteiger partial charge in [-0.15, -0.1) is 0 Å². The predicted molar refractivity (Wildman–Crippen MR) is 102 cm³/mol. The number of nitrogens with zero attached hydrogens (tertiary/aromatic N) is 2. The van der Waals surface area contributed by atoms with Crippen molar-refractivity contribution in [3.8, 4) is 0 Å². The number of piperidine rings is 2. The Balaban J connectivity index is 1.32. The molecule has 7 nitrogen and oxygen atoms in total. The number of likely N-dealkylation sites (tertiary alicyclic amines) is 1. The molecule has 1 aromatic rings. The molecule has 1 aromatic carbocycles. The number of benzene rings is 1. The number of carbonyl (C=O) groups is 3. The summed E-state index contributed by atoms with van der Waals surface area (Å²) in [6, 6.07) is 6.15. The molecule has 0 radical (unpaired) electrons. The second kappa shape index (κ2) is 6.39. The van der Waals surface area contributed by atoms with Gasteiger partial charge in [0.2, 0.25) is 11.8 Å². The van der Waals surface area contributed by atoms with Crippen LogP contribution in [0.2, 0.25) is 0 Å². The first kappa shape index (κ1) is 17.8. The quantitative estimate of drug-likeness (QED) is 0.750. The Labute approximate surface area is 164 Å². The fraction of sp³-hybridized carbons (Fsp3) is 0.571. The zero-order valence-corrected chi connectivity index (χ0v) is 15.9. The molecule has 1 aliphatic carbocycles. The van der Waals surface area contributed by atoms with Crippen LogP contribution in [0.15, 0.2) is 18.2 Å². The van der Waals surface area contributed by atoms with E-state index >= 15 is 0 Å². The van der Waals surface area contributed by atoms with E-state index in [9.17, 15) is 14.4 Å². The minimum Gasteiger partial charge on any atom is -0.330 e. The number of amides is 3. The van der Waals surface area contributed by atoms with Crippen LogP contribution in [-0.4, -0.2) is 52.7 Å². The van der Waals surface area contributed by atoms with Crippen molar-refractivity contribution in [3.63, 3.8) is 0 Å². The van der Waals surface area contributed by atoms with Crippen molar-refractivity contribution in [2.45, 2.75) is 57.3 Å². The first-order chi connectivity index (χ1) is 13.5. The molecule has 28 heavy (non-hydrogen) atoms. The van der Waals surface area contributed by atoms with Gasteiger partial charge in [0.15, 0.2) is 0 Å². The highest BCUT2D eigenvalue weighted by Crippen LogP contribution is 2.47. The van der Waals surface area contributed by atoms with Gasteiger partial charge in [-0.3, -0.25) is 24.6 Å².